The Hall–Kier alpha value is -4.99. The first-order valence-electron chi connectivity index (χ1n) is 10.9. The number of rotatable bonds is 5. The van der Waals surface area contributed by atoms with E-state index in [1.807, 2.05) is 0 Å². The highest BCUT2D eigenvalue weighted by Crippen LogP contribution is 2.61. The molecule has 0 saturated heterocycles. The summed E-state index contributed by atoms with van der Waals surface area (Å²) >= 11 is 0. The SMILES string of the molecule is COc1ccc2c(c1)OC1(OC(=O)c3ccco3)c3cccc(N)c3C(=O)C21NC(=O)c1ccco1. The number of methoxy groups -OCH3 is 1. The lowest BCUT2D eigenvalue weighted by Crippen LogP contribution is -2.61. The average molecular weight is 486 g/mol. The minimum Gasteiger partial charge on any atom is -0.497 e. The standard InChI is InChI=1S/C26H18N2O8/c1-32-14-9-10-15-20(13-14)35-26(36-24(31)19-8-4-12-34-19)16-5-2-6-17(27)21(16)22(29)25(15,26)28-23(30)18-7-3-11-33-18/h2-13H,27H2,1H3,(H,28,30). The second kappa shape index (κ2) is 7.51. The summed E-state index contributed by atoms with van der Waals surface area (Å²) in [6, 6.07) is 15.3. The molecule has 1 aliphatic heterocycles. The molecule has 10 nitrogen and oxygen atoms in total. The molecule has 3 heterocycles. The molecule has 180 valence electrons. The molecule has 4 aromatic rings. The Bertz CT molecular complexity index is 1530. The first-order chi connectivity index (χ1) is 17.4. The fraction of sp³-hybridized carbons (Fsp3) is 0.115. The molecule has 0 fully saturated rings. The number of hydrogen-bond acceptors (Lipinski definition) is 9. The van der Waals surface area contributed by atoms with E-state index in [9.17, 15) is 14.4 Å². The maximum absolute atomic E-state index is 14.3. The molecule has 2 aromatic carbocycles. The smallest absolute Gasteiger partial charge is 0.377 e. The van der Waals surface area contributed by atoms with Gasteiger partial charge in [0.05, 0.1) is 30.8 Å². The lowest BCUT2D eigenvalue weighted by atomic mass is 9.82. The molecule has 2 aliphatic rings. The Labute approximate surface area is 203 Å². The third-order valence-electron chi connectivity index (χ3n) is 6.36. The molecule has 3 N–H and O–H groups in total. The van der Waals surface area contributed by atoms with Gasteiger partial charge in [-0.1, -0.05) is 12.1 Å². The second-order valence-corrected chi connectivity index (χ2v) is 8.23. The molecule has 0 spiro atoms. The number of esters is 1. The third-order valence-corrected chi connectivity index (χ3v) is 6.36. The van der Waals surface area contributed by atoms with Crippen LogP contribution in [0, 0.1) is 0 Å². The highest BCUT2D eigenvalue weighted by Gasteiger charge is 2.75. The summed E-state index contributed by atoms with van der Waals surface area (Å²) in [6.07, 6.45) is 2.63. The van der Waals surface area contributed by atoms with Crippen molar-refractivity contribution >= 4 is 23.3 Å². The topological polar surface area (TPSA) is 143 Å². The van der Waals surface area contributed by atoms with E-state index in [4.69, 9.17) is 28.8 Å². The number of Topliss-reactive ketones (excluding diaryl/α,β-unsaturated/α-hetero) is 1. The van der Waals surface area contributed by atoms with Crippen LogP contribution in [0.25, 0.3) is 0 Å². The molecule has 10 heteroatoms. The minimum atomic E-state index is -2.16. The van der Waals surface area contributed by atoms with Crippen LogP contribution in [-0.2, 0) is 16.1 Å². The van der Waals surface area contributed by atoms with Crippen LogP contribution in [0.4, 0.5) is 5.69 Å². The van der Waals surface area contributed by atoms with Gasteiger partial charge in [0.1, 0.15) is 11.5 Å². The predicted molar refractivity (Wildman–Crippen MR) is 122 cm³/mol. The Morgan fingerprint density at radius 2 is 1.69 bits per heavy atom. The fourth-order valence-corrected chi connectivity index (χ4v) is 4.82. The van der Waals surface area contributed by atoms with Gasteiger partial charge in [-0.3, -0.25) is 9.59 Å². The summed E-state index contributed by atoms with van der Waals surface area (Å²) in [4.78, 5) is 40.8. The Balaban J connectivity index is 1.62. The number of carbonyl (C=O) groups is 3. The molecular weight excluding hydrogens is 468 g/mol. The maximum Gasteiger partial charge on any atom is 0.377 e. The van der Waals surface area contributed by atoms with Crippen LogP contribution < -0.4 is 20.5 Å². The van der Waals surface area contributed by atoms with Gasteiger partial charge < -0.3 is 34.1 Å². The van der Waals surface area contributed by atoms with Crippen molar-refractivity contribution in [3.63, 3.8) is 0 Å². The summed E-state index contributed by atoms with van der Waals surface area (Å²) in [6.45, 7) is 0. The zero-order chi connectivity index (χ0) is 25.1. The molecule has 0 bridgehead atoms. The number of fused-ring (bicyclic) bond motifs is 5. The van der Waals surface area contributed by atoms with Crippen molar-refractivity contribution in [3.05, 3.63) is 101 Å². The summed E-state index contributed by atoms with van der Waals surface area (Å²) in [7, 11) is 1.47. The molecule has 2 aromatic heterocycles. The van der Waals surface area contributed by atoms with Gasteiger partial charge in [0.25, 0.3) is 5.91 Å². The van der Waals surface area contributed by atoms with Crippen molar-refractivity contribution in [2.75, 3.05) is 12.8 Å². The van der Waals surface area contributed by atoms with Gasteiger partial charge in [0.15, 0.2) is 5.76 Å². The summed E-state index contributed by atoms with van der Waals surface area (Å²) in [5.74, 6) is -4.02. The first-order valence-corrected chi connectivity index (χ1v) is 10.9. The number of amides is 1. The number of benzene rings is 2. The van der Waals surface area contributed by atoms with Crippen molar-refractivity contribution in [1.82, 2.24) is 5.32 Å². The number of hydrogen-bond donors (Lipinski definition) is 2. The van der Waals surface area contributed by atoms with E-state index >= 15 is 0 Å². The highest BCUT2D eigenvalue weighted by atomic mass is 16.7. The van der Waals surface area contributed by atoms with E-state index in [0.717, 1.165) is 0 Å². The number of nitrogens with two attached hydrogens (primary N) is 1. The fourth-order valence-electron chi connectivity index (χ4n) is 4.82. The predicted octanol–water partition coefficient (Wildman–Crippen LogP) is 3.39. The Morgan fingerprint density at radius 1 is 0.944 bits per heavy atom. The van der Waals surface area contributed by atoms with Gasteiger partial charge in [-0.15, -0.1) is 0 Å². The number of nitrogens with one attached hydrogen (secondary N) is 1. The van der Waals surface area contributed by atoms with Crippen LogP contribution in [0.15, 0.2) is 82.0 Å². The van der Waals surface area contributed by atoms with E-state index in [-0.39, 0.29) is 39.6 Å². The minimum absolute atomic E-state index is 0.0608. The first kappa shape index (κ1) is 21.5. The van der Waals surface area contributed by atoms with Crippen LogP contribution in [-0.4, -0.2) is 24.8 Å². The van der Waals surface area contributed by atoms with Crippen LogP contribution in [0.5, 0.6) is 11.5 Å². The van der Waals surface area contributed by atoms with Gasteiger partial charge in [0, 0.05) is 17.3 Å². The van der Waals surface area contributed by atoms with Crippen LogP contribution in [0.1, 0.15) is 42.6 Å². The van der Waals surface area contributed by atoms with Crippen molar-refractivity contribution in [2.24, 2.45) is 0 Å². The van der Waals surface area contributed by atoms with E-state index in [1.54, 1.807) is 24.3 Å². The van der Waals surface area contributed by atoms with Gasteiger partial charge in [-0.2, -0.15) is 0 Å². The zero-order valence-electron chi connectivity index (χ0n) is 18.8. The van der Waals surface area contributed by atoms with Gasteiger partial charge >= 0.3 is 11.8 Å². The van der Waals surface area contributed by atoms with Crippen molar-refractivity contribution in [3.8, 4) is 11.5 Å². The normalized spacial score (nSPS) is 21.2. The van der Waals surface area contributed by atoms with Gasteiger partial charge in [0.2, 0.25) is 17.1 Å². The number of carbonyl (C=O) groups excluding carboxylic acids is 3. The summed E-state index contributed by atoms with van der Waals surface area (Å²) < 4.78 is 28.1. The molecule has 1 aliphatic carbocycles. The van der Waals surface area contributed by atoms with Gasteiger partial charge in [-0.25, -0.2) is 4.79 Å². The molecule has 36 heavy (non-hydrogen) atoms. The van der Waals surface area contributed by atoms with E-state index in [0.29, 0.717) is 5.75 Å². The number of ketones is 1. The lowest BCUT2D eigenvalue weighted by Gasteiger charge is -2.37. The molecule has 2 atom stereocenters. The number of ether oxygens (including phenoxy) is 3. The van der Waals surface area contributed by atoms with E-state index in [2.05, 4.69) is 5.32 Å². The lowest BCUT2D eigenvalue weighted by molar-refractivity contribution is -0.174. The zero-order valence-corrected chi connectivity index (χ0v) is 18.8. The Kier molecular flexibility index (Phi) is 4.49. The van der Waals surface area contributed by atoms with E-state index in [1.165, 1.54) is 56.0 Å². The number of nitrogen functional groups attached to an aromatic ring is 1. The second-order valence-electron chi connectivity index (χ2n) is 8.23. The molecule has 6 rings (SSSR count). The monoisotopic (exact) mass is 486 g/mol. The van der Waals surface area contributed by atoms with Gasteiger partial charge in [-0.05, 0) is 42.5 Å². The third kappa shape index (κ3) is 2.69. The molecule has 0 saturated carbocycles. The highest BCUT2D eigenvalue weighted by molar-refractivity contribution is 6.16. The largest absolute Gasteiger partial charge is 0.497 e. The molecule has 0 radical (unpaired) electrons. The van der Waals surface area contributed by atoms with Crippen LogP contribution >= 0.6 is 0 Å². The quantitative estimate of drug-likeness (QED) is 0.320. The van der Waals surface area contributed by atoms with E-state index < -0.39 is 29.0 Å². The van der Waals surface area contributed by atoms with Crippen molar-refractivity contribution < 1.29 is 37.4 Å². The molecular formula is C26H18N2O8. The average Bonchev–Trinajstić information content (AvgIpc) is 3.66. The molecule has 2 unspecified atom stereocenters. The van der Waals surface area contributed by atoms with Crippen LogP contribution in [0.3, 0.4) is 0 Å². The van der Waals surface area contributed by atoms with Crippen molar-refractivity contribution in [1.29, 1.82) is 0 Å². The summed E-state index contributed by atoms with van der Waals surface area (Å²) in [5, 5.41) is 2.75. The number of furan rings is 2. The van der Waals surface area contributed by atoms with Crippen molar-refractivity contribution in [2.45, 2.75) is 11.3 Å². The molecule has 1 amide bonds. The summed E-state index contributed by atoms with van der Waals surface area (Å²) in [5.41, 5.74) is 4.78. The Morgan fingerprint density at radius 3 is 2.39 bits per heavy atom. The maximum atomic E-state index is 14.3. The number of anilines is 1. The van der Waals surface area contributed by atoms with Crippen LogP contribution in [0.2, 0.25) is 0 Å².